The SMILES string of the molecule is COCCNCCNC(=O)Cn1ccnn1. The van der Waals surface area contributed by atoms with Gasteiger partial charge in [0, 0.05) is 32.9 Å². The molecule has 7 heteroatoms. The van der Waals surface area contributed by atoms with E-state index in [0.29, 0.717) is 13.2 Å². The summed E-state index contributed by atoms with van der Waals surface area (Å²) in [4.78, 5) is 11.3. The van der Waals surface area contributed by atoms with Crippen LogP contribution >= 0.6 is 0 Å². The predicted molar refractivity (Wildman–Crippen MR) is 57.8 cm³/mol. The third-order valence-corrected chi connectivity index (χ3v) is 1.88. The summed E-state index contributed by atoms with van der Waals surface area (Å²) in [7, 11) is 1.65. The summed E-state index contributed by atoms with van der Waals surface area (Å²) < 4.78 is 6.35. The van der Waals surface area contributed by atoms with E-state index < -0.39 is 0 Å². The molecule has 0 aromatic carbocycles. The van der Waals surface area contributed by atoms with Gasteiger partial charge in [-0.15, -0.1) is 5.10 Å². The Morgan fingerprint density at radius 1 is 1.44 bits per heavy atom. The van der Waals surface area contributed by atoms with Crippen molar-refractivity contribution in [3.05, 3.63) is 12.4 Å². The van der Waals surface area contributed by atoms with Gasteiger partial charge < -0.3 is 15.4 Å². The van der Waals surface area contributed by atoms with Crippen LogP contribution in [0.15, 0.2) is 12.4 Å². The van der Waals surface area contributed by atoms with Crippen LogP contribution in [0.25, 0.3) is 0 Å². The van der Waals surface area contributed by atoms with Gasteiger partial charge in [-0.05, 0) is 0 Å². The summed E-state index contributed by atoms with van der Waals surface area (Å²) in [5.41, 5.74) is 0. The maximum absolute atomic E-state index is 11.3. The van der Waals surface area contributed by atoms with E-state index in [0.717, 1.165) is 13.1 Å². The van der Waals surface area contributed by atoms with Crippen LogP contribution in [0.1, 0.15) is 0 Å². The van der Waals surface area contributed by atoms with Gasteiger partial charge in [-0.3, -0.25) is 4.79 Å². The van der Waals surface area contributed by atoms with Crippen molar-refractivity contribution in [2.45, 2.75) is 6.54 Å². The molecular formula is C9H17N5O2. The van der Waals surface area contributed by atoms with E-state index in [4.69, 9.17) is 4.74 Å². The van der Waals surface area contributed by atoms with Gasteiger partial charge >= 0.3 is 0 Å². The zero-order valence-electron chi connectivity index (χ0n) is 9.35. The Balaban J connectivity index is 1.98. The topological polar surface area (TPSA) is 81.1 Å². The van der Waals surface area contributed by atoms with E-state index in [2.05, 4.69) is 20.9 Å². The molecule has 0 atom stereocenters. The van der Waals surface area contributed by atoms with Crippen molar-refractivity contribution < 1.29 is 9.53 Å². The van der Waals surface area contributed by atoms with Crippen molar-refractivity contribution in [2.75, 3.05) is 33.4 Å². The smallest absolute Gasteiger partial charge is 0.241 e. The zero-order valence-corrected chi connectivity index (χ0v) is 9.35. The average Bonchev–Trinajstić information content (AvgIpc) is 2.76. The lowest BCUT2D eigenvalue weighted by atomic mass is 10.5. The zero-order chi connectivity index (χ0) is 11.6. The van der Waals surface area contributed by atoms with Crippen LogP contribution in [0.4, 0.5) is 0 Å². The number of carbonyl (C=O) groups is 1. The first-order valence-corrected chi connectivity index (χ1v) is 5.13. The molecule has 90 valence electrons. The molecule has 0 radical (unpaired) electrons. The van der Waals surface area contributed by atoms with Crippen LogP contribution in [0, 0.1) is 0 Å². The first-order chi connectivity index (χ1) is 7.83. The highest BCUT2D eigenvalue weighted by atomic mass is 16.5. The van der Waals surface area contributed by atoms with E-state index in [-0.39, 0.29) is 12.5 Å². The third kappa shape index (κ3) is 5.42. The Morgan fingerprint density at radius 2 is 2.31 bits per heavy atom. The Bertz CT molecular complexity index is 288. The van der Waals surface area contributed by atoms with E-state index in [9.17, 15) is 4.79 Å². The summed E-state index contributed by atoms with van der Waals surface area (Å²) in [6.45, 7) is 2.99. The Morgan fingerprint density at radius 3 is 3.00 bits per heavy atom. The lowest BCUT2D eigenvalue weighted by Gasteiger charge is -2.06. The number of hydrogen-bond donors (Lipinski definition) is 2. The van der Waals surface area contributed by atoms with Crippen LogP contribution in [0.3, 0.4) is 0 Å². The number of aromatic nitrogens is 3. The van der Waals surface area contributed by atoms with Crippen molar-refractivity contribution in [3.63, 3.8) is 0 Å². The van der Waals surface area contributed by atoms with Crippen molar-refractivity contribution in [2.24, 2.45) is 0 Å². The summed E-state index contributed by atoms with van der Waals surface area (Å²) in [6.07, 6.45) is 3.19. The van der Waals surface area contributed by atoms with Crippen LogP contribution < -0.4 is 10.6 Å². The van der Waals surface area contributed by atoms with E-state index in [1.165, 1.54) is 4.68 Å². The van der Waals surface area contributed by atoms with Gasteiger partial charge in [0.2, 0.25) is 5.91 Å². The minimum atomic E-state index is -0.0703. The third-order valence-electron chi connectivity index (χ3n) is 1.88. The van der Waals surface area contributed by atoms with Crippen LogP contribution in [0.5, 0.6) is 0 Å². The quantitative estimate of drug-likeness (QED) is 0.536. The number of methoxy groups -OCH3 is 1. The van der Waals surface area contributed by atoms with Gasteiger partial charge in [0.15, 0.2) is 0 Å². The number of nitrogens with one attached hydrogen (secondary N) is 2. The largest absolute Gasteiger partial charge is 0.383 e. The molecule has 1 aromatic rings. The van der Waals surface area contributed by atoms with Crippen molar-refractivity contribution in [1.82, 2.24) is 25.6 Å². The molecular weight excluding hydrogens is 210 g/mol. The molecule has 1 amide bonds. The second-order valence-electron chi connectivity index (χ2n) is 3.19. The van der Waals surface area contributed by atoms with Crippen LogP contribution in [-0.4, -0.2) is 54.3 Å². The molecule has 1 aromatic heterocycles. The lowest BCUT2D eigenvalue weighted by Crippen LogP contribution is -2.35. The monoisotopic (exact) mass is 227 g/mol. The van der Waals surface area contributed by atoms with Crippen molar-refractivity contribution in [1.29, 1.82) is 0 Å². The van der Waals surface area contributed by atoms with Crippen LogP contribution in [0.2, 0.25) is 0 Å². The van der Waals surface area contributed by atoms with E-state index in [1.807, 2.05) is 0 Å². The fourth-order valence-electron chi connectivity index (χ4n) is 1.11. The van der Waals surface area contributed by atoms with Gasteiger partial charge in [0.1, 0.15) is 6.54 Å². The average molecular weight is 227 g/mol. The first kappa shape index (κ1) is 12.6. The van der Waals surface area contributed by atoms with Gasteiger partial charge in [-0.25, -0.2) is 4.68 Å². The normalized spacial score (nSPS) is 10.3. The maximum atomic E-state index is 11.3. The Hall–Kier alpha value is -1.47. The molecule has 0 bridgehead atoms. The summed E-state index contributed by atoms with van der Waals surface area (Å²) in [5, 5.41) is 13.2. The number of amides is 1. The molecule has 0 aliphatic carbocycles. The summed E-state index contributed by atoms with van der Waals surface area (Å²) in [5.74, 6) is -0.0703. The minimum Gasteiger partial charge on any atom is -0.383 e. The molecule has 0 saturated carbocycles. The molecule has 0 spiro atoms. The standard InChI is InChI=1S/C9H17N5O2/c1-16-7-5-10-2-3-11-9(15)8-14-6-4-12-13-14/h4,6,10H,2-3,5,7-8H2,1H3,(H,11,15). The number of nitrogens with zero attached hydrogens (tertiary/aromatic N) is 3. The van der Waals surface area contributed by atoms with Gasteiger partial charge in [-0.2, -0.15) is 0 Å². The number of rotatable bonds is 8. The highest BCUT2D eigenvalue weighted by Crippen LogP contribution is 1.80. The molecule has 7 nitrogen and oxygen atoms in total. The lowest BCUT2D eigenvalue weighted by molar-refractivity contribution is -0.121. The van der Waals surface area contributed by atoms with Crippen molar-refractivity contribution in [3.8, 4) is 0 Å². The van der Waals surface area contributed by atoms with Gasteiger partial charge in [0.05, 0.1) is 12.8 Å². The second kappa shape index (κ2) is 7.77. The summed E-state index contributed by atoms with van der Waals surface area (Å²) in [6, 6.07) is 0. The Kier molecular flexibility index (Phi) is 6.12. The molecule has 0 fully saturated rings. The molecule has 1 heterocycles. The van der Waals surface area contributed by atoms with E-state index >= 15 is 0 Å². The number of carbonyl (C=O) groups excluding carboxylic acids is 1. The van der Waals surface area contributed by atoms with E-state index in [1.54, 1.807) is 19.5 Å². The molecule has 0 saturated heterocycles. The maximum Gasteiger partial charge on any atom is 0.241 e. The summed E-state index contributed by atoms with van der Waals surface area (Å²) >= 11 is 0. The molecule has 0 aliphatic rings. The highest BCUT2D eigenvalue weighted by molar-refractivity contribution is 5.75. The Labute approximate surface area is 94.2 Å². The fourth-order valence-corrected chi connectivity index (χ4v) is 1.11. The predicted octanol–water partition coefficient (Wildman–Crippen LogP) is -1.37. The van der Waals surface area contributed by atoms with Crippen LogP contribution in [-0.2, 0) is 16.1 Å². The first-order valence-electron chi connectivity index (χ1n) is 5.13. The minimum absolute atomic E-state index is 0.0703. The van der Waals surface area contributed by atoms with Gasteiger partial charge in [0.25, 0.3) is 0 Å². The highest BCUT2D eigenvalue weighted by Gasteiger charge is 2.01. The fraction of sp³-hybridized carbons (Fsp3) is 0.667. The molecule has 1 rings (SSSR count). The molecule has 0 aliphatic heterocycles. The number of hydrogen-bond acceptors (Lipinski definition) is 5. The molecule has 0 unspecified atom stereocenters. The molecule has 2 N–H and O–H groups in total. The van der Waals surface area contributed by atoms with Crippen molar-refractivity contribution >= 4 is 5.91 Å². The molecule has 16 heavy (non-hydrogen) atoms. The second-order valence-corrected chi connectivity index (χ2v) is 3.19. The number of ether oxygens (including phenoxy) is 1. The van der Waals surface area contributed by atoms with Gasteiger partial charge in [-0.1, -0.05) is 5.21 Å².